The molecule has 0 bridgehead atoms. The van der Waals surface area contributed by atoms with E-state index in [4.69, 9.17) is 9.15 Å². The van der Waals surface area contributed by atoms with Gasteiger partial charge in [0.25, 0.3) is 0 Å². The van der Waals surface area contributed by atoms with Crippen molar-refractivity contribution >= 4 is 0 Å². The smallest absolute Gasteiger partial charge is 0.212 e. The molecule has 0 radical (unpaired) electrons. The molecule has 0 amide bonds. The maximum Gasteiger partial charge on any atom is 0.212 e. The molecule has 0 fully saturated rings. The van der Waals surface area contributed by atoms with Gasteiger partial charge in [-0.3, -0.25) is 0 Å². The van der Waals surface area contributed by atoms with Gasteiger partial charge in [-0.25, -0.2) is 4.68 Å². The lowest BCUT2D eigenvalue weighted by Gasteiger charge is -2.19. The molecule has 2 aromatic rings. The van der Waals surface area contributed by atoms with Crippen molar-refractivity contribution in [2.75, 3.05) is 0 Å². The van der Waals surface area contributed by atoms with E-state index >= 15 is 0 Å². The Hall–Kier alpha value is -1.75. The minimum Gasteiger partial charge on any atom is -0.473 e. The van der Waals surface area contributed by atoms with Gasteiger partial charge in [-0.1, -0.05) is 0 Å². The van der Waals surface area contributed by atoms with Crippen molar-refractivity contribution in [3.8, 4) is 5.88 Å². The van der Waals surface area contributed by atoms with Crippen molar-refractivity contribution in [2.24, 2.45) is 7.05 Å². The third kappa shape index (κ3) is 4.36. The average molecular weight is 291 g/mol. The normalized spacial score (nSPS) is 11.9. The highest BCUT2D eigenvalue weighted by Gasteiger charge is 2.13. The van der Waals surface area contributed by atoms with Gasteiger partial charge in [0.15, 0.2) is 0 Å². The van der Waals surface area contributed by atoms with Gasteiger partial charge in [-0.05, 0) is 40.7 Å². The van der Waals surface area contributed by atoms with E-state index in [1.165, 1.54) is 0 Å². The van der Waals surface area contributed by atoms with Crippen LogP contribution in [0.25, 0.3) is 0 Å². The second kappa shape index (κ2) is 5.93. The van der Waals surface area contributed by atoms with E-state index in [1.807, 2.05) is 27.0 Å². The number of nitrogens with zero attached hydrogens (tertiary/aromatic N) is 2. The Bertz CT molecular complexity index is 606. The van der Waals surface area contributed by atoms with Gasteiger partial charge < -0.3 is 14.5 Å². The summed E-state index contributed by atoms with van der Waals surface area (Å²) in [6, 6.07) is 3.98. The van der Waals surface area contributed by atoms with Gasteiger partial charge in [-0.2, -0.15) is 5.10 Å². The number of hydrogen-bond donors (Lipinski definition) is 1. The van der Waals surface area contributed by atoms with Crippen molar-refractivity contribution < 1.29 is 9.15 Å². The molecule has 0 aromatic carbocycles. The minimum atomic E-state index is 0.0730. The van der Waals surface area contributed by atoms with Gasteiger partial charge in [0.2, 0.25) is 5.88 Å². The highest BCUT2D eigenvalue weighted by atomic mass is 16.5. The quantitative estimate of drug-likeness (QED) is 0.919. The molecule has 0 unspecified atom stereocenters. The number of rotatable bonds is 5. The predicted molar refractivity (Wildman–Crippen MR) is 82.3 cm³/mol. The number of furan rings is 1. The van der Waals surface area contributed by atoms with Crippen LogP contribution in [0.4, 0.5) is 0 Å². The lowest BCUT2D eigenvalue weighted by molar-refractivity contribution is 0.276. The fraction of sp³-hybridized carbons (Fsp3) is 0.562. The Balaban J connectivity index is 1.98. The summed E-state index contributed by atoms with van der Waals surface area (Å²) in [5.41, 5.74) is 2.09. The SMILES string of the molecule is Cc1cc(OCc2cc(CNC(C)(C)C)oc2C)n(C)n1. The van der Waals surface area contributed by atoms with Gasteiger partial charge in [0, 0.05) is 24.2 Å². The molecule has 21 heavy (non-hydrogen) atoms. The number of hydrogen-bond acceptors (Lipinski definition) is 4. The van der Waals surface area contributed by atoms with Crippen molar-refractivity contribution in [2.45, 2.75) is 53.3 Å². The van der Waals surface area contributed by atoms with Gasteiger partial charge >= 0.3 is 0 Å². The summed E-state index contributed by atoms with van der Waals surface area (Å²) in [7, 11) is 1.88. The largest absolute Gasteiger partial charge is 0.473 e. The van der Waals surface area contributed by atoms with E-state index in [1.54, 1.807) is 4.68 Å². The van der Waals surface area contributed by atoms with Crippen molar-refractivity contribution in [1.82, 2.24) is 15.1 Å². The Morgan fingerprint density at radius 2 is 2.00 bits per heavy atom. The molecule has 0 aliphatic rings. The average Bonchev–Trinajstić information content (AvgIpc) is 2.86. The summed E-state index contributed by atoms with van der Waals surface area (Å²) in [5, 5.41) is 7.68. The summed E-state index contributed by atoms with van der Waals surface area (Å²) in [6.45, 7) is 11.5. The number of nitrogens with one attached hydrogen (secondary N) is 1. The molecule has 0 spiro atoms. The molecule has 5 nitrogen and oxygen atoms in total. The Morgan fingerprint density at radius 1 is 1.29 bits per heavy atom. The van der Waals surface area contributed by atoms with Crippen LogP contribution in [-0.4, -0.2) is 15.3 Å². The first kappa shape index (κ1) is 15.6. The van der Waals surface area contributed by atoms with Crippen LogP contribution in [0.15, 0.2) is 16.5 Å². The van der Waals surface area contributed by atoms with Crippen LogP contribution in [0.2, 0.25) is 0 Å². The molecule has 2 rings (SSSR count). The molecule has 0 saturated heterocycles. The predicted octanol–water partition coefficient (Wildman–Crippen LogP) is 3.10. The van der Waals surface area contributed by atoms with E-state index in [2.05, 4.69) is 37.3 Å². The van der Waals surface area contributed by atoms with Gasteiger partial charge in [0.05, 0.1) is 12.2 Å². The van der Waals surface area contributed by atoms with Crippen molar-refractivity contribution in [1.29, 1.82) is 0 Å². The van der Waals surface area contributed by atoms with Gasteiger partial charge in [-0.15, -0.1) is 0 Å². The van der Waals surface area contributed by atoms with Crippen LogP contribution < -0.4 is 10.1 Å². The Morgan fingerprint density at radius 3 is 2.57 bits per heavy atom. The third-order valence-corrected chi connectivity index (χ3v) is 3.20. The molecule has 2 aromatic heterocycles. The highest BCUT2D eigenvalue weighted by molar-refractivity contribution is 5.22. The van der Waals surface area contributed by atoms with Crippen LogP contribution in [0, 0.1) is 13.8 Å². The Kier molecular flexibility index (Phi) is 4.42. The molecule has 5 heteroatoms. The number of ether oxygens (including phenoxy) is 1. The topological polar surface area (TPSA) is 52.2 Å². The van der Waals surface area contributed by atoms with E-state index < -0.39 is 0 Å². The summed E-state index contributed by atoms with van der Waals surface area (Å²) in [4.78, 5) is 0. The van der Waals surface area contributed by atoms with Crippen LogP contribution in [0.3, 0.4) is 0 Å². The zero-order valence-corrected chi connectivity index (χ0v) is 13.8. The van der Waals surface area contributed by atoms with Crippen LogP contribution in [0.5, 0.6) is 5.88 Å². The molecule has 0 saturated carbocycles. The molecule has 116 valence electrons. The zero-order valence-electron chi connectivity index (χ0n) is 13.8. The van der Waals surface area contributed by atoms with Crippen molar-refractivity contribution in [3.63, 3.8) is 0 Å². The second-order valence-electron chi connectivity index (χ2n) is 6.43. The Labute approximate surface area is 126 Å². The number of aryl methyl sites for hydroxylation is 3. The first-order valence-electron chi connectivity index (χ1n) is 7.21. The lowest BCUT2D eigenvalue weighted by atomic mass is 10.1. The molecule has 0 aliphatic heterocycles. The molecule has 2 heterocycles. The van der Waals surface area contributed by atoms with E-state index in [9.17, 15) is 0 Å². The standard InChI is InChI=1S/C16H25N3O2/c1-11-7-15(19(6)18-11)20-10-13-8-14(21-12(13)2)9-17-16(3,4)5/h7-8,17H,9-10H2,1-6H3. The fourth-order valence-corrected chi connectivity index (χ4v) is 2.04. The second-order valence-corrected chi connectivity index (χ2v) is 6.43. The highest BCUT2D eigenvalue weighted by Crippen LogP contribution is 2.19. The zero-order chi connectivity index (χ0) is 15.6. The molecule has 0 aliphatic carbocycles. The molecule has 1 N–H and O–H groups in total. The van der Waals surface area contributed by atoms with Crippen molar-refractivity contribution in [3.05, 3.63) is 34.9 Å². The maximum absolute atomic E-state index is 5.80. The maximum atomic E-state index is 5.80. The first-order valence-corrected chi connectivity index (χ1v) is 7.21. The van der Waals surface area contributed by atoms with E-state index in [0.717, 1.165) is 35.2 Å². The summed E-state index contributed by atoms with van der Waals surface area (Å²) in [6.07, 6.45) is 0. The molecular formula is C16H25N3O2. The molecular weight excluding hydrogens is 266 g/mol. The van der Waals surface area contributed by atoms with E-state index in [0.29, 0.717) is 6.61 Å². The minimum absolute atomic E-state index is 0.0730. The summed E-state index contributed by atoms with van der Waals surface area (Å²) >= 11 is 0. The monoisotopic (exact) mass is 291 g/mol. The fourth-order valence-electron chi connectivity index (χ4n) is 2.04. The summed E-state index contributed by atoms with van der Waals surface area (Å²) < 4.78 is 13.3. The lowest BCUT2D eigenvalue weighted by Crippen LogP contribution is -2.34. The van der Waals surface area contributed by atoms with E-state index in [-0.39, 0.29) is 5.54 Å². The van der Waals surface area contributed by atoms with Crippen LogP contribution in [-0.2, 0) is 20.2 Å². The van der Waals surface area contributed by atoms with Crippen LogP contribution in [0.1, 0.15) is 43.5 Å². The first-order chi connectivity index (χ1) is 9.74. The molecule has 0 atom stereocenters. The summed E-state index contributed by atoms with van der Waals surface area (Å²) in [5.74, 6) is 2.60. The van der Waals surface area contributed by atoms with Crippen LogP contribution >= 0.6 is 0 Å². The van der Waals surface area contributed by atoms with Gasteiger partial charge in [0.1, 0.15) is 18.1 Å². The third-order valence-electron chi connectivity index (χ3n) is 3.20. The number of aromatic nitrogens is 2.